The smallest absolute Gasteiger partial charge is 0.335 e. The lowest BCUT2D eigenvalue weighted by Gasteiger charge is -2.40. The number of hydrogen-bond acceptors (Lipinski definition) is 11. The van der Waals surface area contributed by atoms with Gasteiger partial charge in [-0.1, -0.05) is 192 Å². The molecule has 0 aromatic carbocycles. The Kier molecular flexibility index (Phi) is 48.3. The number of hydrogen-bond donors (Lipinski definition) is 3. The van der Waals surface area contributed by atoms with Crippen molar-refractivity contribution < 1.29 is 58.2 Å². The fourth-order valence-corrected chi connectivity index (χ4v) is 7.93. The highest BCUT2D eigenvalue weighted by Crippen LogP contribution is 2.26. The first-order valence-corrected chi connectivity index (χ1v) is 29.8. The van der Waals surface area contributed by atoms with E-state index in [2.05, 4.69) is 167 Å². The van der Waals surface area contributed by atoms with Gasteiger partial charge in [0.2, 0.25) is 0 Å². The van der Waals surface area contributed by atoms with E-state index in [1.165, 1.54) is 0 Å². The number of carbonyl (C=O) groups excluding carboxylic acids is 3. The number of aliphatic carboxylic acids is 1. The topological polar surface area (TPSA) is 175 Å². The van der Waals surface area contributed by atoms with Crippen molar-refractivity contribution in [2.75, 3.05) is 13.2 Å². The quantitative estimate of drug-likeness (QED) is 0.0228. The zero-order valence-corrected chi connectivity index (χ0v) is 48.5. The van der Waals surface area contributed by atoms with E-state index in [4.69, 9.17) is 23.7 Å². The molecule has 1 rings (SSSR count). The first-order chi connectivity index (χ1) is 38.6. The number of aliphatic hydroxyl groups is 2. The van der Waals surface area contributed by atoms with Gasteiger partial charge in [-0.25, -0.2) is 4.79 Å². The van der Waals surface area contributed by atoms with Gasteiger partial charge in [0.25, 0.3) is 0 Å². The molecule has 79 heavy (non-hydrogen) atoms. The van der Waals surface area contributed by atoms with Gasteiger partial charge in [-0.3, -0.25) is 14.4 Å². The van der Waals surface area contributed by atoms with Gasteiger partial charge >= 0.3 is 23.9 Å². The van der Waals surface area contributed by atoms with Gasteiger partial charge in [0.05, 0.1) is 6.61 Å². The molecule has 3 N–H and O–H groups in total. The van der Waals surface area contributed by atoms with Crippen molar-refractivity contribution in [3.8, 4) is 0 Å². The summed E-state index contributed by atoms with van der Waals surface area (Å²) in [7, 11) is 0. The molecule has 1 saturated heterocycles. The zero-order valence-electron chi connectivity index (χ0n) is 48.5. The molecule has 0 radical (unpaired) electrons. The second-order valence-electron chi connectivity index (χ2n) is 19.5. The average molecular weight is 1100 g/mol. The number of carboxylic acid groups (broad SMARTS) is 1. The fraction of sp³-hybridized carbons (Fsp3) is 0.582. The molecule has 0 saturated carbocycles. The number of rotatable bonds is 48. The summed E-state index contributed by atoms with van der Waals surface area (Å²) in [5.41, 5.74) is 0. The van der Waals surface area contributed by atoms with Crippen molar-refractivity contribution in [1.29, 1.82) is 0 Å². The summed E-state index contributed by atoms with van der Waals surface area (Å²) in [5.74, 6) is -3.28. The van der Waals surface area contributed by atoms with Gasteiger partial charge in [0.1, 0.15) is 18.8 Å². The Morgan fingerprint density at radius 3 is 1.18 bits per heavy atom. The van der Waals surface area contributed by atoms with Gasteiger partial charge in [-0.15, -0.1) is 0 Å². The van der Waals surface area contributed by atoms with Crippen molar-refractivity contribution in [3.63, 3.8) is 0 Å². The molecule has 1 heterocycles. The maximum Gasteiger partial charge on any atom is 0.335 e. The third kappa shape index (κ3) is 43.1. The number of allylic oxidation sites excluding steroid dienone is 24. The average Bonchev–Trinajstić information content (AvgIpc) is 3.46. The van der Waals surface area contributed by atoms with Crippen molar-refractivity contribution in [2.45, 2.75) is 237 Å². The highest BCUT2D eigenvalue weighted by molar-refractivity contribution is 5.74. The lowest BCUT2D eigenvalue weighted by atomic mass is 9.98. The van der Waals surface area contributed by atoms with Crippen molar-refractivity contribution in [1.82, 2.24) is 0 Å². The number of ether oxygens (including phenoxy) is 5. The Balaban J connectivity index is 2.75. The highest BCUT2D eigenvalue weighted by Gasteiger charge is 2.50. The number of aliphatic hydroxyl groups excluding tert-OH is 2. The summed E-state index contributed by atoms with van der Waals surface area (Å²) in [6, 6.07) is 0. The zero-order chi connectivity index (χ0) is 57.5. The van der Waals surface area contributed by atoms with Crippen LogP contribution in [0.5, 0.6) is 0 Å². The van der Waals surface area contributed by atoms with Crippen LogP contribution in [0.4, 0.5) is 0 Å². The van der Waals surface area contributed by atoms with E-state index in [9.17, 15) is 34.5 Å². The number of esters is 3. The third-order valence-electron chi connectivity index (χ3n) is 12.4. The standard InChI is InChI=1S/C67H102O12/c1-4-7-10-13-16-19-22-25-28-29-30-31-34-35-38-41-44-47-50-53-59(68)75-56-58(77-60(69)54-51-48-45-42-39-36-32-26-23-20-17-14-11-8-5-2)57-76-67-65(63(72)62(71)64(79-67)66(73)74)78-61(70)55-52-49-46-43-40-37-33-27-24-21-18-15-12-9-6-3/h7-12,16-21,25-28,30-33,39-40,42-43,58,62-65,67,71-72H,4-6,13-15,22-24,29,34-38,41,44-57H2,1-3H3,(H,73,74)/b10-7-,11-8-,12-9-,19-16-,20-17-,21-18-,28-25-,31-30-,32-26-,33-27-,42-39-,43-40-. The summed E-state index contributed by atoms with van der Waals surface area (Å²) in [6.45, 7) is 5.57. The van der Waals surface area contributed by atoms with Crippen LogP contribution in [0, 0.1) is 0 Å². The van der Waals surface area contributed by atoms with Gasteiger partial charge in [-0.2, -0.15) is 0 Å². The molecule has 12 nitrogen and oxygen atoms in total. The molecule has 0 amide bonds. The molecule has 0 aromatic heterocycles. The van der Waals surface area contributed by atoms with Crippen LogP contribution in [-0.4, -0.2) is 89.2 Å². The second-order valence-corrected chi connectivity index (χ2v) is 19.5. The molecule has 0 aromatic rings. The van der Waals surface area contributed by atoms with E-state index in [1.54, 1.807) is 0 Å². The largest absolute Gasteiger partial charge is 0.479 e. The number of unbranched alkanes of at least 4 members (excludes halogenated alkanes) is 10. The normalized spacial score (nSPS) is 18.9. The molecule has 0 bridgehead atoms. The number of carboxylic acids is 1. The van der Waals surface area contributed by atoms with E-state index in [0.29, 0.717) is 25.7 Å². The summed E-state index contributed by atoms with van der Waals surface area (Å²) in [6.07, 6.45) is 63.9. The molecule has 6 unspecified atom stereocenters. The van der Waals surface area contributed by atoms with Crippen LogP contribution in [-0.2, 0) is 42.9 Å². The van der Waals surface area contributed by atoms with E-state index in [-0.39, 0.29) is 25.9 Å². The Morgan fingerprint density at radius 2 is 0.759 bits per heavy atom. The second kappa shape index (κ2) is 53.3. The minimum Gasteiger partial charge on any atom is -0.479 e. The molecule has 0 aliphatic carbocycles. The summed E-state index contributed by atoms with van der Waals surface area (Å²) in [5, 5.41) is 31.5. The molecule has 1 aliphatic heterocycles. The lowest BCUT2D eigenvalue weighted by Crippen LogP contribution is -2.61. The molecule has 0 spiro atoms. The van der Waals surface area contributed by atoms with Crippen LogP contribution >= 0.6 is 0 Å². The summed E-state index contributed by atoms with van der Waals surface area (Å²) in [4.78, 5) is 51.2. The predicted molar refractivity (Wildman–Crippen MR) is 321 cm³/mol. The van der Waals surface area contributed by atoms with E-state index >= 15 is 0 Å². The maximum absolute atomic E-state index is 13.1. The SMILES string of the molecule is CC/C=C\C/C=C\C/C=C\C/C=C\CCCCCCCCC(=O)OCC(COC1OC(C(=O)O)C(O)C(O)C1OC(=O)CCCC/C=C\C/C=C\C/C=C\C/C=C\CC)OC(=O)CCCC/C=C\C/C=C\C/C=C\C/C=C\CC. The van der Waals surface area contributed by atoms with E-state index in [0.717, 1.165) is 135 Å². The first-order valence-electron chi connectivity index (χ1n) is 29.8. The Bertz CT molecular complexity index is 1930. The third-order valence-corrected chi connectivity index (χ3v) is 12.4. The minimum atomic E-state index is -1.93. The maximum atomic E-state index is 13.1. The monoisotopic (exact) mass is 1100 g/mol. The predicted octanol–water partition coefficient (Wildman–Crippen LogP) is 15.6. The fourth-order valence-electron chi connectivity index (χ4n) is 7.93. The van der Waals surface area contributed by atoms with Crippen LogP contribution in [0.15, 0.2) is 146 Å². The van der Waals surface area contributed by atoms with E-state index < -0.39 is 67.3 Å². The highest BCUT2D eigenvalue weighted by atomic mass is 16.7. The Morgan fingerprint density at radius 1 is 0.418 bits per heavy atom. The van der Waals surface area contributed by atoms with Crippen LogP contribution in [0.25, 0.3) is 0 Å². The Labute approximate surface area is 476 Å². The Hall–Kier alpha value is -5.40. The van der Waals surface area contributed by atoms with Crippen LogP contribution < -0.4 is 0 Å². The molecular weight excluding hydrogens is 997 g/mol. The number of carbonyl (C=O) groups is 4. The molecule has 1 fully saturated rings. The molecule has 12 heteroatoms. The van der Waals surface area contributed by atoms with Crippen molar-refractivity contribution in [2.24, 2.45) is 0 Å². The van der Waals surface area contributed by atoms with Gasteiger partial charge in [0, 0.05) is 19.3 Å². The van der Waals surface area contributed by atoms with E-state index in [1.807, 2.05) is 0 Å². The van der Waals surface area contributed by atoms with Crippen molar-refractivity contribution in [3.05, 3.63) is 146 Å². The van der Waals surface area contributed by atoms with Crippen molar-refractivity contribution >= 4 is 23.9 Å². The van der Waals surface area contributed by atoms with Gasteiger partial charge < -0.3 is 39.0 Å². The first kappa shape index (κ1) is 71.6. The lowest BCUT2D eigenvalue weighted by molar-refractivity contribution is -0.301. The van der Waals surface area contributed by atoms with Crippen LogP contribution in [0.1, 0.15) is 201 Å². The van der Waals surface area contributed by atoms with Gasteiger partial charge in [0.15, 0.2) is 24.6 Å². The summed E-state index contributed by atoms with van der Waals surface area (Å²) >= 11 is 0. The summed E-state index contributed by atoms with van der Waals surface area (Å²) < 4.78 is 28.3. The van der Waals surface area contributed by atoms with Crippen LogP contribution in [0.2, 0.25) is 0 Å². The molecular formula is C67H102O12. The molecule has 6 atom stereocenters. The molecule has 1 aliphatic rings. The minimum absolute atomic E-state index is 0.00688. The van der Waals surface area contributed by atoms with Gasteiger partial charge in [-0.05, 0) is 135 Å². The van der Waals surface area contributed by atoms with Crippen LogP contribution in [0.3, 0.4) is 0 Å². The molecule has 442 valence electrons.